The van der Waals surface area contributed by atoms with Crippen LogP contribution in [0, 0.1) is 0 Å². The number of rotatable bonds is 7. The number of ether oxygens (including phenoxy) is 1. The molecular formula is C19H22N4O5. The van der Waals surface area contributed by atoms with Crippen molar-refractivity contribution in [2.24, 2.45) is 0 Å². The lowest BCUT2D eigenvalue weighted by atomic mass is 10.1. The Labute approximate surface area is 161 Å². The molecule has 1 heterocycles. The van der Waals surface area contributed by atoms with E-state index >= 15 is 0 Å². The van der Waals surface area contributed by atoms with Gasteiger partial charge in [0.05, 0.1) is 0 Å². The van der Waals surface area contributed by atoms with Crippen LogP contribution in [0.4, 0.5) is 4.79 Å². The van der Waals surface area contributed by atoms with Crippen LogP contribution in [0.25, 0.3) is 0 Å². The molecule has 0 fully saturated rings. The maximum absolute atomic E-state index is 12.5. The van der Waals surface area contributed by atoms with Gasteiger partial charge in [0.2, 0.25) is 6.10 Å². The Morgan fingerprint density at radius 3 is 2.50 bits per heavy atom. The zero-order valence-corrected chi connectivity index (χ0v) is 15.7. The first kappa shape index (κ1) is 20.8. The molecule has 0 radical (unpaired) electrons. The molecule has 2 rings (SSSR count). The number of aryl methyl sites for hydroxylation is 1. The number of imide groups is 1. The maximum Gasteiger partial charge on any atom is 0.359 e. The third kappa shape index (κ3) is 5.50. The van der Waals surface area contributed by atoms with Crippen molar-refractivity contribution >= 4 is 17.9 Å². The molecule has 0 aliphatic carbocycles. The largest absolute Gasteiger partial charge is 0.442 e. The van der Waals surface area contributed by atoms with E-state index in [1.54, 1.807) is 30.3 Å². The predicted octanol–water partition coefficient (Wildman–Crippen LogP) is 1.40. The first-order valence-electron chi connectivity index (χ1n) is 8.83. The van der Waals surface area contributed by atoms with Crippen molar-refractivity contribution in [1.29, 1.82) is 0 Å². The van der Waals surface area contributed by atoms with Crippen LogP contribution in [0.5, 0.6) is 0 Å². The van der Waals surface area contributed by atoms with E-state index in [1.807, 2.05) is 6.92 Å². The topological polar surface area (TPSA) is 119 Å². The van der Waals surface area contributed by atoms with Crippen molar-refractivity contribution in [2.75, 3.05) is 7.05 Å². The van der Waals surface area contributed by atoms with E-state index < -0.39 is 24.0 Å². The summed E-state index contributed by atoms with van der Waals surface area (Å²) < 4.78 is 6.50. The normalized spacial score (nSPS) is 11.4. The number of benzene rings is 1. The maximum atomic E-state index is 12.5. The van der Waals surface area contributed by atoms with Gasteiger partial charge in [0.15, 0.2) is 5.69 Å². The van der Waals surface area contributed by atoms with Crippen LogP contribution in [0.3, 0.4) is 0 Å². The number of esters is 1. The smallest absolute Gasteiger partial charge is 0.359 e. The molecule has 9 nitrogen and oxygen atoms in total. The second-order valence-corrected chi connectivity index (χ2v) is 5.90. The number of nitrogens with zero attached hydrogens (tertiary/aromatic N) is 2. The average Bonchev–Trinajstić information content (AvgIpc) is 2.71. The number of hydrogen-bond acceptors (Lipinski definition) is 6. The van der Waals surface area contributed by atoms with Gasteiger partial charge in [-0.15, -0.1) is 0 Å². The number of amides is 3. The van der Waals surface area contributed by atoms with Gasteiger partial charge in [-0.2, -0.15) is 5.10 Å². The van der Waals surface area contributed by atoms with E-state index in [-0.39, 0.29) is 11.3 Å². The SMILES string of the molecule is CCCCn1nc(C(=O)O[C@H](C(=O)NC(=O)NC)c2ccccc2)ccc1=O. The Bertz CT molecular complexity index is 895. The van der Waals surface area contributed by atoms with Crippen LogP contribution in [0.15, 0.2) is 47.3 Å². The summed E-state index contributed by atoms with van der Waals surface area (Å²) in [6.07, 6.45) is 0.231. The van der Waals surface area contributed by atoms with Crippen LogP contribution in [0.1, 0.15) is 41.9 Å². The fourth-order valence-corrected chi connectivity index (χ4v) is 2.33. The number of unbranched alkanes of at least 4 members (excludes halogenated alkanes) is 1. The van der Waals surface area contributed by atoms with E-state index in [1.165, 1.54) is 23.9 Å². The van der Waals surface area contributed by atoms with Gasteiger partial charge in [-0.05, 0) is 12.5 Å². The molecule has 0 aliphatic heterocycles. The molecular weight excluding hydrogens is 364 g/mol. The van der Waals surface area contributed by atoms with Crippen LogP contribution in [-0.2, 0) is 16.1 Å². The summed E-state index contributed by atoms with van der Waals surface area (Å²) in [6.45, 7) is 2.34. The van der Waals surface area contributed by atoms with Crippen molar-refractivity contribution in [3.05, 3.63) is 64.1 Å². The molecule has 2 aromatic rings. The van der Waals surface area contributed by atoms with Crippen molar-refractivity contribution in [2.45, 2.75) is 32.4 Å². The van der Waals surface area contributed by atoms with Crippen LogP contribution in [-0.4, -0.2) is 34.7 Å². The molecule has 3 amide bonds. The van der Waals surface area contributed by atoms with Gasteiger partial charge < -0.3 is 10.1 Å². The van der Waals surface area contributed by atoms with Gasteiger partial charge in [0.1, 0.15) is 0 Å². The zero-order chi connectivity index (χ0) is 20.5. The number of carbonyl (C=O) groups is 3. The minimum Gasteiger partial charge on any atom is -0.442 e. The molecule has 0 saturated carbocycles. The summed E-state index contributed by atoms with van der Waals surface area (Å²) in [5.74, 6) is -1.69. The van der Waals surface area contributed by atoms with Crippen molar-refractivity contribution in [3.63, 3.8) is 0 Å². The number of aromatic nitrogens is 2. The summed E-state index contributed by atoms with van der Waals surface area (Å²) >= 11 is 0. The summed E-state index contributed by atoms with van der Waals surface area (Å²) in [7, 11) is 1.36. The number of nitrogens with one attached hydrogen (secondary N) is 2. The Morgan fingerprint density at radius 1 is 1.14 bits per heavy atom. The minimum atomic E-state index is -1.36. The molecule has 1 aromatic heterocycles. The summed E-state index contributed by atoms with van der Waals surface area (Å²) in [6, 6.07) is 10.0. The molecule has 1 aromatic carbocycles. The lowest BCUT2D eigenvalue weighted by molar-refractivity contribution is -0.129. The highest BCUT2D eigenvalue weighted by molar-refractivity contribution is 5.98. The highest BCUT2D eigenvalue weighted by Gasteiger charge is 2.27. The quantitative estimate of drug-likeness (QED) is 0.694. The second-order valence-electron chi connectivity index (χ2n) is 5.90. The average molecular weight is 386 g/mol. The fraction of sp³-hybridized carbons (Fsp3) is 0.316. The molecule has 0 spiro atoms. The van der Waals surface area contributed by atoms with Gasteiger partial charge >= 0.3 is 12.0 Å². The van der Waals surface area contributed by atoms with Crippen LogP contribution < -0.4 is 16.2 Å². The molecule has 1 atom stereocenters. The molecule has 0 bridgehead atoms. The molecule has 0 unspecified atom stereocenters. The predicted molar refractivity (Wildman–Crippen MR) is 101 cm³/mol. The highest BCUT2D eigenvalue weighted by Crippen LogP contribution is 2.19. The van der Waals surface area contributed by atoms with E-state index in [0.29, 0.717) is 12.1 Å². The molecule has 28 heavy (non-hydrogen) atoms. The summed E-state index contributed by atoms with van der Waals surface area (Å²) in [5.41, 5.74) is -0.0529. The van der Waals surface area contributed by atoms with Crippen molar-refractivity contribution < 1.29 is 19.1 Å². The molecule has 9 heteroatoms. The van der Waals surface area contributed by atoms with Gasteiger partial charge in [-0.25, -0.2) is 14.3 Å². The van der Waals surface area contributed by atoms with Gasteiger partial charge in [0.25, 0.3) is 11.5 Å². The van der Waals surface area contributed by atoms with Crippen molar-refractivity contribution in [3.8, 4) is 0 Å². The zero-order valence-electron chi connectivity index (χ0n) is 15.7. The highest BCUT2D eigenvalue weighted by atomic mass is 16.5. The Morgan fingerprint density at radius 2 is 1.86 bits per heavy atom. The lowest BCUT2D eigenvalue weighted by Gasteiger charge is -2.17. The van der Waals surface area contributed by atoms with E-state index in [2.05, 4.69) is 15.7 Å². The van der Waals surface area contributed by atoms with E-state index in [4.69, 9.17) is 4.74 Å². The first-order chi connectivity index (χ1) is 13.5. The number of carbonyl (C=O) groups excluding carboxylic acids is 3. The molecule has 2 N–H and O–H groups in total. The Balaban J connectivity index is 2.26. The third-order valence-corrected chi connectivity index (χ3v) is 3.83. The standard InChI is InChI=1S/C19H22N4O5/c1-3-4-12-23-15(24)11-10-14(22-23)18(26)28-16(13-8-6-5-7-9-13)17(25)21-19(27)20-2/h5-11,16H,3-4,12H2,1-2H3,(H2,20,21,25,27)/t16-/m0/s1. The third-order valence-electron chi connectivity index (χ3n) is 3.83. The second kappa shape index (κ2) is 10.0. The number of urea groups is 1. The first-order valence-corrected chi connectivity index (χ1v) is 8.83. The Hall–Kier alpha value is -3.49. The summed E-state index contributed by atoms with van der Waals surface area (Å²) in [5, 5.41) is 8.36. The molecule has 148 valence electrons. The molecule has 0 saturated heterocycles. The van der Waals surface area contributed by atoms with Crippen molar-refractivity contribution in [1.82, 2.24) is 20.4 Å². The van der Waals surface area contributed by atoms with Crippen LogP contribution in [0.2, 0.25) is 0 Å². The van der Waals surface area contributed by atoms with E-state index in [0.717, 1.165) is 12.8 Å². The van der Waals surface area contributed by atoms with Crippen LogP contribution >= 0.6 is 0 Å². The van der Waals surface area contributed by atoms with Gasteiger partial charge in [0, 0.05) is 25.2 Å². The Kier molecular flexibility index (Phi) is 7.44. The number of hydrogen-bond donors (Lipinski definition) is 2. The monoisotopic (exact) mass is 386 g/mol. The van der Waals surface area contributed by atoms with E-state index in [9.17, 15) is 19.2 Å². The van der Waals surface area contributed by atoms with Gasteiger partial charge in [-0.1, -0.05) is 43.7 Å². The fourth-order valence-electron chi connectivity index (χ4n) is 2.33. The van der Waals surface area contributed by atoms with Gasteiger partial charge in [-0.3, -0.25) is 14.9 Å². The summed E-state index contributed by atoms with van der Waals surface area (Å²) in [4.78, 5) is 48.3. The lowest BCUT2D eigenvalue weighted by Crippen LogP contribution is -2.41. The minimum absolute atomic E-state index is 0.107. The molecule has 0 aliphatic rings.